The molecule has 0 saturated carbocycles. The second-order valence-electron chi connectivity index (χ2n) is 5.82. The second-order valence-corrected chi connectivity index (χ2v) is 6.71. The van der Waals surface area contributed by atoms with E-state index < -0.39 is 0 Å². The van der Waals surface area contributed by atoms with Crippen molar-refractivity contribution in [3.8, 4) is 5.75 Å². The lowest BCUT2D eigenvalue weighted by Crippen LogP contribution is -2.48. The second kappa shape index (κ2) is 7.10. The van der Waals surface area contributed by atoms with Gasteiger partial charge in [-0.1, -0.05) is 12.1 Å². The fourth-order valence-electron chi connectivity index (χ4n) is 2.75. The molecule has 3 rings (SSSR count). The van der Waals surface area contributed by atoms with Crippen molar-refractivity contribution >= 4 is 17.2 Å². The van der Waals surface area contributed by atoms with Crippen LogP contribution in [0.2, 0.25) is 0 Å². The number of amides is 1. The van der Waals surface area contributed by atoms with E-state index in [4.69, 9.17) is 4.74 Å². The fraction of sp³-hybridized carbons (Fsp3) is 0.412. The fourth-order valence-corrected chi connectivity index (χ4v) is 3.32. The van der Waals surface area contributed by atoms with Gasteiger partial charge in [0.2, 0.25) is 0 Å². The van der Waals surface area contributed by atoms with Gasteiger partial charge in [0.25, 0.3) is 5.91 Å². The Morgan fingerprint density at radius 2 is 2.17 bits per heavy atom. The summed E-state index contributed by atoms with van der Waals surface area (Å²) < 4.78 is 5.69. The van der Waals surface area contributed by atoms with Crippen LogP contribution in [0.25, 0.3) is 0 Å². The Morgan fingerprint density at radius 3 is 2.83 bits per heavy atom. The van der Waals surface area contributed by atoms with Crippen molar-refractivity contribution < 1.29 is 9.53 Å². The van der Waals surface area contributed by atoms with Gasteiger partial charge >= 0.3 is 0 Å². The van der Waals surface area contributed by atoms with Crippen LogP contribution < -0.4 is 10.1 Å². The highest BCUT2D eigenvalue weighted by Gasteiger charge is 2.29. The lowest BCUT2D eigenvalue weighted by Gasteiger charge is -2.36. The van der Waals surface area contributed by atoms with Gasteiger partial charge in [0.15, 0.2) is 0 Å². The average molecular weight is 331 g/mol. The first-order valence-corrected chi connectivity index (χ1v) is 8.70. The van der Waals surface area contributed by atoms with Gasteiger partial charge in [-0.25, -0.2) is 0 Å². The van der Waals surface area contributed by atoms with Gasteiger partial charge in [-0.3, -0.25) is 9.78 Å². The van der Waals surface area contributed by atoms with E-state index in [-0.39, 0.29) is 18.1 Å². The lowest BCUT2D eigenvalue weighted by atomic mass is 10.0. The molecule has 1 fully saturated rings. The van der Waals surface area contributed by atoms with Crippen molar-refractivity contribution in [2.45, 2.75) is 26.0 Å². The molecule has 1 aromatic carbocycles. The largest absolute Gasteiger partial charge is 0.491 e. The number of thiazole rings is 1. The summed E-state index contributed by atoms with van der Waals surface area (Å²) in [7, 11) is 0. The van der Waals surface area contributed by atoms with Crippen LogP contribution >= 0.6 is 11.3 Å². The van der Waals surface area contributed by atoms with Crippen molar-refractivity contribution in [1.82, 2.24) is 15.2 Å². The molecule has 2 aromatic rings. The van der Waals surface area contributed by atoms with Gasteiger partial charge in [-0.05, 0) is 31.5 Å². The van der Waals surface area contributed by atoms with E-state index in [9.17, 15) is 4.79 Å². The number of nitrogens with one attached hydrogen (secondary N) is 1. The predicted octanol–water partition coefficient (Wildman–Crippen LogP) is 2.72. The molecule has 1 aliphatic heterocycles. The summed E-state index contributed by atoms with van der Waals surface area (Å²) in [4.78, 5) is 19.3. The molecule has 5 nitrogen and oxygen atoms in total. The van der Waals surface area contributed by atoms with Gasteiger partial charge in [0.05, 0.1) is 23.9 Å². The van der Waals surface area contributed by atoms with Gasteiger partial charge in [-0.15, -0.1) is 11.3 Å². The monoisotopic (exact) mass is 331 g/mol. The van der Waals surface area contributed by atoms with Gasteiger partial charge in [-0.2, -0.15) is 0 Å². The third-order valence-electron chi connectivity index (χ3n) is 3.78. The molecule has 2 heterocycles. The molecule has 122 valence electrons. The minimum atomic E-state index is 0.0337. The first-order valence-electron chi connectivity index (χ1n) is 7.82. The Kier molecular flexibility index (Phi) is 4.93. The maximum atomic E-state index is 12.7. The summed E-state index contributed by atoms with van der Waals surface area (Å²) >= 11 is 1.39. The summed E-state index contributed by atoms with van der Waals surface area (Å²) in [6.45, 7) is 6.29. The molecular weight excluding hydrogens is 310 g/mol. The Balaban J connectivity index is 1.79. The zero-order valence-electron chi connectivity index (χ0n) is 13.4. The minimum Gasteiger partial charge on any atom is -0.491 e. The van der Waals surface area contributed by atoms with Crippen LogP contribution in [0.3, 0.4) is 0 Å². The third kappa shape index (κ3) is 3.71. The quantitative estimate of drug-likeness (QED) is 0.936. The Hall–Kier alpha value is -1.92. The van der Waals surface area contributed by atoms with Gasteiger partial charge in [0, 0.05) is 19.6 Å². The molecule has 1 aliphatic rings. The molecule has 23 heavy (non-hydrogen) atoms. The number of aromatic nitrogens is 1. The molecule has 0 bridgehead atoms. The first-order chi connectivity index (χ1) is 11.1. The maximum absolute atomic E-state index is 12.7. The van der Waals surface area contributed by atoms with Crippen LogP contribution in [0.4, 0.5) is 0 Å². The van der Waals surface area contributed by atoms with Crippen molar-refractivity contribution in [2.24, 2.45) is 0 Å². The smallest absolute Gasteiger partial charge is 0.266 e. The van der Waals surface area contributed by atoms with E-state index in [0.29, 0.717) is 11.4 Å². The van der Waals surface area contributed by atoms with Crippen molar-refractivity contribution in [3.05, 3.63) is 46.4 Å². The molecule has 0 spiro atoms. The molecule has 1 atom stereocenters. The summed E-state index contributed by atoms with van der Waals surface area (Å²) in [6.07, 6.45) is 1.80. The van der Waals surface area contributed by atoms with E-state index in [2.05, 4.69) is 10.3 Å². The van der Waals surface area contributed by atoms with E-state index in [1.807, 2.05) is 43.0 Å². The van der Waals surface area contributed by atoms with Crippen molar-refractivity contribution in [1.29, 1.82) is 0 Å². The number of carbonyl (C=O) groups excluding carboxylic acids is 1. The molecule has 6 heteroatoms. The standard InChI is InChI=1S/C17H21N3O2S/c1-12(2)22-14-5-3-13(4-6-14)15-9-18-7-8-20(15)17(21)16-10-19-11-23-16/h3-6,10-12,15,18H,7-9H2,1-2H3/t15-/m1/s1. The van der Waals surface area contributed by atoms with Crippen LogP contribution in [0.5, 0.6) is 5.75 Å². The molecule has 1 N–H and O–H groups in total. The number of carbonyl (C=O) groups is 1. The first kappa shape index (κ1) is 16.0. The number of rotatable bonds is 4. The van der Waals surface area contributed by atoms with Crippen LogP contribution in [-0.2, 0) is 0 Å². The van der Waals surface area contributed by atoms with Crippen LogP contribution in [0, 0.1) is 0 Å². The van der Waals surface area contributed by atoms with Crippen molar-refractivity contribution in [3.63, 3.8) is 0 Å². The van der Waals surface area contributed by atoms with E-state index >= 15 is 0 Å². The van der Waals surface area contributed by atoms with Crippen LogP contribution in [0.1, 0.15) is 35.1 Å². The lowest BCUT2D eigenvalue weighted by molar-refractivity contribution is 0.0639. The number of nitrogens with zero attached hydrogens (tertiary/aromatic N) is 2. The Labute approximate surface area is 140 Å². The number of ether oxygens (including phenoxy) is 1. The number of hydrogen-bond donors (Lipinski definition) is 1. The third-order valence-corrected chi connectivity index (χ3v) is 4.55. The highest BCUT2D eigenvalue weighted by atomic mass is 32.1. The molecule has 0 radical (unpaired) electrons. The summed E-state index contributed by atoms with van der Waals surface area (Å²) in [5, 5.41) is 3.37. The highest BCUT2D eigenvalue weighted by Crippen LogP contribution is 2.27. The zero-order valence-corrected chi connectivity index (χ0v) is 14.2. The van der Waals surface area contributed by atoms with Gasteiger partial charge in [0.1, 0.15) is 10.6 Å². The normalized spacial score (nSPS) is 18.2. The van der Waals surface area contributed by atoms with Crippen LogP contribution in [-0.4, -0.2) is 41.5 Å². The average Bonchev–Trinajstić information content (AvgIpc) is 3.09. The molecule has 1 aromatic heterocycles. The Morgan fingerprint density at radius 1 is 1.39 bits per heavy atom. The minimum absolute atomic E-state index is 0.0337. The van der Waals surface area contributed by atoms with E-state index in [1.165, 1.54) is 11.3 Å². The SMILES string of the molecule is CC(C)Oc1ccc([C@H]2CNCCN2C(=O)c2cncs2)cc1. The van der Waals surface area contributed by atoms with E-state index in [0.717, 1.165) is 24.4 Å². The molecule has 1 amide bonds. The van der Waals surface area contributed by atoms with E-state index in [1.54, 1.807) is 11.7 Å². The number of benzene rings is 1. The molecule has 0 aliphatic carbocycles. The van der Waals surface area contributed by atoms with Crippen molar-refractivity contribution in [2.75, 3.05) is 19.6 Å². The summed E-state index contributed by atoms with van der Waals surface area (Å²) in [5.74, 6) is 0.911. The summed E-state index contributed by atoms with van der Waals surface area (Å²) in [5.41, 5.74) is 2.81. The maximum Gasteiger partial charge on any atom is 0.266 e. The Bertz CT molecular complexity index is 640. The number of piperazine rings is 1. The molecule has 0 unspecified atom stereocenters. The highest BCUT2D eigenvalue weighted by molar-refractivity contribution is 7.11. The zero-order chi connectivity index (χ0) is 16.2. The molecule has 1 saturated heterocycles. The number of hydrogen-bond acceptors (Lipinski definition) is 5. The molecular formula is C17H21N3O2S. The summed E-state index contributed by atoms with van der Waals surface area (Å²) in [6, 6.07) is 8.06. The van der Waals surface area contributed by atoms with Gasteiger partial charge < -0.3 is 15.0 Å². The predicted molar refractivity (Wildman–Crippen MR) is 91.0 cm³/mol. The van der Waals surface area contributed by atoms with Crippen LogP contribution in [0.15, 0.2) is 36.0 Å². The topological polar surface area (TPSA) is 54.5 Å².